The first kappa shape index (κ1) is 16.2. The summed E-state index contributed by atoms with van der Waals surface area (Å²) in [6, 6.07) is 11.4. The van der Waals surface area contributed by atoms with E-state index < -0.39 is 11.7 Å². The minimum atomic E-state index is -0.706. The number of rotatable bonds is 3. The van der Waals surface area contributed by atoms with Crippen LogP contribution in [0.4, 0.5) is 4.39 Å². The lowest BCUT2D eigenvalue weighted by Crippen LogP contribution is -2.27. The number of amides is 1. The standard InChI is InChI=1S/C18H14ClFN2O2/c1-10-5-6-11-8-12(17(23)22-15(11)7-10)9-21-18(24)16-13(19)3-2-4-14(16)20/h2-8H,9H2,1H3,(H,21,24)(H,22,23). The quantitative estimate of drug-likeness (QED) is 0.763. The number of H-pyrrole nitrogens is 1. The van der Waals surface area contributed by atoms with Crippen molar-refractivity contribution in [2.24, 2.45) is 0 Å². The number of aromatic amines is 1. The highest BCUT2D eigenvalue weighted by Crippen LogP contribution is 2.19. The van der Waals surface area contributed by atoms with Gasteiger partial charge in [0.1, 0.15) is 5.82 Å². The van der Waals surface area contributed by atoms with Crippen LogP contribution in [0.25, 0.3) is 10.9 Å². The molecule has 3 aromatic rings. The van der Waals surface area contributed by atoms with E-state index in [-0.39, 0.29) is 22.7 Å². The minimum absolute atomic E-state index is 0.0235. The fourth-order valence-electron chi connectivity index (χ4n) is 2.47. The van der Waals surface area contributed by atoms with Crippen LogP contribution in [0.5, 0.6) is 0 Å². The highest BCUT2D eigenvalue weighted by atomic mass is 35.5. The molecule has 2 N–H and O–H groups in total. The summed E-state index contributed by atoms with van der Waals surface area (Å²) in [6.07, 6.45) is 0. The number of carbonyl (C=O) groups excluding carboxylic acids is 1. The van der Waals surface area contributed by atoms with E-state index in [1.165, 1.54) is 12.1 Å². The summed E-state index contributed by atoms with van der Waals surface area (Å²) in [7, 11) is 0. The van der Waals surface area contributed by atoms with Crippen molar-refractivity contribution in [1.82, 2.24) is 10.3 Å². The molecular formula is C18H14ClFN2O2. The SMILES string of the molecule is Cc1ccc2cc(CNC(=O)c3c(F)cccc3Cl)c(=O)[nH]c2c1. The lowest BCUT2D eigenvalue weighted by atomic mass is 10.1. The maximum Gasteiger partial charge on any atom is 0.256 e. The predicted octanol–water partition coefficient (Wildman–Crippen LogP) is 3.56. The van der Waals surface area contributed by atoms with Crippen LogP contribution >= 0.6 is 11.6 Å². The van der Waals surface area contributed by atoms with E-state index in [1.54, 1.807) is 6.07 Å². The number of hydrogen-bond acceptors (Lipinski definition) is 2. The molecule has 0 unspecified atom stereocenters. The van der Waals surface area contributed by atoms with Crippen molar-refractivity contribution in [2.45, 2.75) is 13.5 Å². The molecule has 1 aromatic heterocycles. The van der Waals surface area contributed by atoms with Crippen molar-refractivity contribution < 1.29 is 9.18 Å². The Morgan fingerprint density at radius 1 is 1.25 bits per heavy atom. The Balaban J connectivity index is 1.85. The Hall–Kier alpha value is -2.66. The Bertz CT molecular complexity index is 978. The van der Waals surface area contributed by atoms with Crippen molar-refractivity contribution in [3.05, 3.63) is 80.3 Å². The molecule has 3 rings (SSSR count). The van der Waals surface area contributed by atoms with Crippen LogP contribution < -0.4 is 10.9 Å². The Morgan fingerprint density at radius 2 is 2.04 bits per heavy atom. The first-order valence-electron chi connectivity index (χ1n) is 7.30. The van der Waals surface area contributed by atoms with Crippen molar-refractivity contribution >= 4 is 28.4 Å². The van der Waals surface area contributed by atoms with Gasteiger partial charge in [-0.15, -0.1) is 0 Å². The minimum Gasteiger partial charge on any atom is -0.348 e. The molecule has 0 aliphatic carbocycles. The lowest BCUT2D eigenvalue weighted by molar-refractivity contribution is 0.0947. The van der Waals surface area contributed by atoms with Crippen LogP contribution in [0.2, 0.25) is 5.02 Å². The number of benzene rings is 2. The van der Waals surface area contributed by atoms with E-state index in [2.05, 4.69) is 10.3 Å². The maximum atomic E-state index is 13.7. The van der Waals surface area contributed by atoms with Crippen LogP contribution in [-0.2, 0) is 6.54 Å². The van der Waals surface area contributed by atoms with Crippen molar-refractivity contribution in [1.29, 1.82) is 0 Å². The maximum absolute atomic E-state index is 13.7. The van der Waals surface area contributed by atoms with Crippen molar-refractivity contribution in [2.75, 3.05) is 0 Å². The number of fused-ring (bicyclic) bond motifs is 1. The van der Waals surface area contributed by atoms with Gasteiger partial charge in [-0.3, -0.25) is 9.59 Å². The molecule has 0 aliphatic heterocycles. The molecule has 2 aromatic carbocycles. The largest absolute Gasteiger partial charge is 0.348 e. The third kappa shape index (κ3) is 3.16. The molecule has 0 saturated heterocycles. The molecule has 24 heavy (non-hydrogen) atoms. The lowest BCUT2D eigenvalue weighted by Gasteiger charge is -2.08. The molecule has 0 bridgehead atoms. The highest BCUT2D eigenvalue weighted by molar-refractivity contribution is 6.33. The van der Waals surface area contributed by atoms with Gasteiger partial charge in [-0.1, -0.05) is 29.8 Å². The molecule has 0 radical (unpaired) electrons. The monoisotopic (exact) mass is 344 g/mol. The van der Waals surface area contributed by atoms with E-state index in [0.717, 1.165) is 22.5 Å². The van der Waals surface area contributed by atoms with Gasteiger partial charge in [0, 0.05) is 17.6 Å². The van der Waals surface area contributed by atoms with E-state index in [9.17, 15) is 14.0 Å². The van der Waals surface area contributed by atoms with Gasteiger partial charge in [0.25, 0.3) is 11.5 Å². The van der Waals surface area contributed by atoms with Gasteiger partial charge in [0.15, 0.2) is 0 Å². The number of aromatic nitrogens is 1. The van der Waals surface area contributed by atoms with Gasteiger partial charge in [0.2, 0.25) is 0 Å². The van der Waals surface area contributed by atoms with Crippen LogP contribution in [0.15, 0.2) is 47.3 Å². The van der Waals surface area contributed by atoms with Crippen molar-refractivity contribution in [3.8, 4) is 0 Å². The molecule has 0 atom stereocenters. The van der Waals surface area contributed by atoms with Crippen LogP contribution in [0, 0.1) is 12.7 Å². The number of pyridine rings is 1. The van der Waals surface area contributed by atoms with Crippen LogP contribution in [-0.4, -0.2) is 10.9 Å². The van der Waals surface area contributed by atoms with Gasteiger partial charge in [-0.05, 0) is 42.1 Å². The summed E-state index contributed by atoms with van der Waals surface area (Å²) < 4.78 is 13.7. The highest BCUT2D eigenvalue weighted by Gasteiger charge is 2.16. The summed E-state index contributed by atoms with van der Waals surface area (Å²) in [5.41, 5.74) is 1.62. The summed E-state index contributed by atoms with van der Waals surface area (Å²) in [6.45, 7) is 1.91. The van der Waals surface area contributed by atoms with Gasteiger partial charge in [-0.2, -0.15) is 0 Å². The predicted molar refractivity (Wildman–Crippen MR) is 91.9 cm³/mol. The first-order chi connectivity index (χ1) is 11.5. The smallest absolute Gasteiger partial charge is 0.256 e. The van der Waals surface area contributed by atoms with Gasteiger partial charge >= 0.3 is 0 Å². The fourth-order valence-corrected chi connectivity index (χ4v) is 2.72. The average Bonchev–Trinajstić information content (AvgIpc) is 2.52. The summed E-state index contributed by atoms with van der Waals surface area (Å²) in [4.78, 5) is 27.0. The summed E-state index contributed by atoms with van der Waals surface area (Å²) >= 11 is 5.86. The average molecular weight is 345 g/mol. The number of aryl methyl sites for hydroxylation is 1. The third-order valence-electron chi connectivity index (χ3n) is 3.71. The van der Waals surface area contributed by atoms with E-state index >= 15 is 0 Å². The third-order valence-corrected chi connectivity index (χ3v) is 4.02. The zero-order valence-electron chi connectivity index (χ0n) is 12.8. The second-order valence-electron chi connectivity index (χ2n) is 5.49. The molecule has 0 aliphatic rings. The van der Waals surface area contributed by atoms with E-state index in [4.69, 9.17) is 11.6 Å². The molecule has 0 saturated carbocycles. The van der Waals surface area contributed by atoms with Gasteiger partial charge in [0.05, 0.1) is 10.6 Å². The Labute approximate surface area is 142 Å². The zero-order chi connectivity index (χ0) is 17.3. The fraction of sp³-hybridized carbons (Fsp3) is 0.111. The summed E-state index contributed by atoms with van der Waals surface area (Å²) in [5, 5.41) is 3.41. The zero-order valence-corrected chi connectivity index (χ0v) is 13.6. The molecule has 4 nitrogen and oxygen atoms in total. The molecule has 0 spiro atoms. The molecular weight excluding hydrogens is 331 g/mol. The Kier molecular flexibility index (Phi) is 4.36. The normalized spacial score (nSPS) is 10.8. The second kappa shape index (κ2) is 6.45. The van der Waals surface area contributed by atoms with E-state index in [0.29, 0.717) is 5.56 Å². The molecule has 0 fully saturated rings. The topological polar surface area (TPSA) is 62.0 Å². The number of nitrogens with one attached hydrogen (secondary N) is 2. The van der Waals surface area contributed by atoms with Gasteiger partial charge in [-0.25, -0.2) is 4.39 Å². The summed E-state index contributed by atoms with van der Waals surface area (Å²) in [5.74, 6) is -1.37. The molecule has 1 amide bonds. The second-order valence-corrected chi connectivity index (χ2v) is 5.90. The number of carbonyl (C=O) groups is 1. The number of hydrogen-bond donors (Lipinski definition) is 2. The van der Waals surface area contributed by atoms with Crippen LogP contribution in [0.1, 0.15) is 21.5 Å². The van der Waals surface area contributed by atoms with Gasteiger partial charge < -0.3 is 10.3 Å². The Morgan fingerprint density at radius 3 is 2.79 bits per heavy atom. The van der Waals surface area contributed by atoms with E-state index in [1.807, 2.05) is 25.1 Å². The first-order valence-corrected chi connectivity index (χ1v) is 7.68. The molecule has 122 valence electrons. The molecule has 6 heteroatoms. The van der Waals surface area contributed by atoms with Crippen molar-refractivity contribution in [3.63, 3.8) is 0 Å². The molecule has 1 heterocycles. The number of halogens is 2. The van der Waals surface area contributed by atoms with Crippen LogP contribution in [0.3, 0.4) is 0 Å².